The Morgan fingerprint density at radius 3 is 2.22 bits per heavy atom. The molecule has 158 valence electrons. The molecule has 2 aromatic heterocycles. The number of hydrogen-bond donors (Lipinski definition) is 1. The monoisotopic (exact) mass is 440 g/mol. The Hall–Kier alpha value is -3.71. The van der Waals surface area contributed by atoms with Crippen LogP contribution in [0.15, 0.2) is 93.6 Å². The highest BCUT2D eigenvalue weighted by Gasteiger charge is 2.18. The van der Waals surface area contributed by atoms with Gasteiger partial charge in [-0.25, -0.2) is 9.97 Å². The van der Waals surface area contributed by atoms with E-state index in [0.717, 1.165) is 5.56 Å². The van der Waals surface area contributed by atoms with Crippen molar-refractivity contribution in [2.24, 2.45) is 0 Å². The van der Waals surface area contributed by atoms with E-state index in [1.807, 2.05) is 73.7 Å². The number of benzene rings is 3. The molecule has 0 amide bonds. The Balaban J connectivity index is 1.58. The lowest BCUT2D eigenvalue weighted by Crippen LogP contribution is -2.27. The standard InChI is InChI=1S/C25H20N4O2S/c1-16(17-9-3-2-4-10-17)29-24(31)19-12-6-8-14-21(19)27-25(29)32-15-22-26-20-13-7-5-11-18(20)23(30)28-22/h2-14,16H,15H2,1H3,(H,26,28,30). The molecule has 0 radical (unpaired) electrons. The van der Waals surface area contributed by atoms with E-state index in [0.29, 0.717) is 38.5 Å². The van der Waals surface area contributed by atoms with Gasteiger partial charge in [-0.15, -0.1) is 0 Å². The van der Waals surface area contributed by atoms with Crippen LogP contribution in [0, 0.1) is 0 Å². The maximum atomic E-state index is 13.4. The molecule has 2 heterocycles. The van der Waals surface area contributed by atoms with Gasteiger partial charge >= 0.3 is 0 Å². The minimum Gasteiger partial charge on any atom is -0.309 e. The molecule has 1 unspecified atom stereocenters. The summed E-state index contributed by atoms with van der Waals surface area (Å²) in [4.78, 5) is 38.1. The van der Waals surface area contributed by atoms with Gasteiger partial charge in [-0.1, -0.05) is 66.4 Å². The number of aromatic nitrogens is 4. The number of aromatic amines is 1. The van der Waals surface area contributed by atoms with E-state index in [9.17, 15) is 9.59 Å². The van der Waals surface area contributed by atoms with Gasteiger partial charge in [0.2, 0.25) is 0 Å². The van der Waals surface area contributed by atoms with Crippen LogP contribution in [-0.4, -0.2) is 19.5 Å². The number of para-hydroxylation sites is 2. The molecule has 0 spiro atoms. The van der Waals surface area contributed by atoms with Crippen LogP contribution in [0.5, 0.6) is 0 Å². The van der Waals surface area contributed by atoms with E-state index in [1.165, 1.54) is 11.8 Å². The molecule has 5 rings (SSSR count). The van der Waals surface area contributed by atoms with Crippen molar-refractivity contribution in [1.29, 1.82) is 0 Å². The van der Waals surface area contributed by atoms with Crippen molar-refractivity contribution in [2.45, 2.75) is 23.9 Å². The second-order valence-electron chi connectivity index (χ2n) is 7.49. The Morgan fingerprint density at radius 2 is 1.47 bits per heavy atom. The summed E-state index contributed by atoms with van der Waals surface area (Å²) >= 11 is 1.39. The van der Waals surface area contributed by atoms with Crippen LogP contribution >= 0.6 is 11.8 Å². The van der Waals surface area contributed by atoms with Gasteiger partial charge in [-0.2, -0.15) is 0 Å². The van der Waals surface area contributed by atoms with Gasteiger partial charge in [0.05, 0.1) is 33.6 Å². The first-order valence-corrected chi connectivity index (χ1v) is 11.3. The molecule has 0 bridgehead atoms. The minimum absolute atomic E-state index is 0.0885. The first-order chi connectivity index (χ1) is 15.6. The van der Waals surface area contributed by atoms with Crippen LogP contribution in [0.25, 0.3) is 21.8 Å². The fraction of sp³-hybridized carbons (Fsp3) is 0.120. The van der Waals surface area contributed by atoms with Crippen molar-refractivity contribution in [3.8, 4) is 0 Å². The zero-order valence-electron chi connectivity index (χ0n) is 17.4. The topological polar surface area (TPSA) is 80.6 Å². The lowest BCUT2D eigenvalue weighted by atomic mass is 10.1. The van der Waals surface area contributed by atoms with Gasteiger partial charge in [-0.05, 0) is 36.8 Å². The summed E-state index contributed by atoms with van der Waals surface area (Å²) in [6.45, 7) is 1.99. The molecule has 3 aromatic carbocycles. The molecule has 6 nitrogen and oxygen atoms in total. The number of H-pyrrole nitrogens is 1. The predicted octanol–water partition coefficient (Wildman–Crippen LogP) is 4.53. The van der Waals surface area contributed by atoms with Gasteiger partial charge in [0.1, 0.15) is 5.82 Å². The normalized spacial score (nSPS) is 12.3. The van der Waals surface area contributed by atoms with Crippen molar-refractivity contribution < 1.29 is 0 Å². The molecule has 0 fully saturated rings. The van der Waals surface area contributed by atoms with Crippen LogP contribution in [-0.2, 0) is 5.75 Å². The second kappa shape index (κ2) is 8.43. The van der Waals surface area contributed by atoms with Crippen molar-refractivity contribution in [3.63, 3.8) is 0 Å². The van der Waals surface area contributed by atoms with E-state index >= 15 is 0 Å². The number of thioether (sulfide) groups is 1. The number of nitrogens with zero attached hydrogens (tertiary/aromatic N) is 3. The fourth-order valence-corrected chi connectivity index (χ4v) is 4.73. The Labute approximate surface area is 188 Å². The highest BCUT2D eigenvalue weighted by molar-refractivity contribution is 7.98. The van der Waals surface area contributed by atoms with Crippen molar-refractivity contribution >= 4 is 33.6 Å². The molecule has 1 N–H and O–H groups in total. The predicted molar refractivity (Wildman–Crippen MR) is 128 cm³/mol. The van der Waals surface area contributed by atoms with Crippen LogP contribution in [0.1, 0.15) is 24.4 Å². The third-order valence-electron chi connectivity index (χ3n) is 5.44. The quantitative estimate of drug-likeness (QED) is 0.321. The summed E-state index contributed by atoms with van der Waals surface area (Å²) in [6, 6.07) is 24.3. The second-order valence-corrected chi connectivity index (χ2v) is 8.43. The van der Waals surface area contributed by atoms with Gasteiger partial charge in [0.15, 0.2) is 5.16 Å². The van der Waals surface area contributed by atoms with E-state index in [1.54, 1.807) is 16.7 Å². The Bertz CT molecular complexity index is 1540. The van der Waals surface area contributed by atoms with E-state index in [2.05, 4.69) is 9.97 Å². The molecule has 5 aromatic rings. The van der Waals surface area contributed by atoms with Crippen molar-refractivity contribution in [3.05, 3.63) is 111 Å². The zero-order valence-corrected chi connectivity index (χ0v) is 18.2. The molecule has 7 heteroatoms. The van der Waals surface area contributed by atoms with Crippen molar-refractivity contribution in [2.75, 3.05) is 0 Å². The fourth-order valence-electron chi connectivity index (χ4n) is 3.79. The van der Waals surface area contributed by atoms with Gasteiger partial charge < -0.3 is 4.98 Å². The molecule has 0 aliphatic carbocycles. The molecule has 1 atom stereocenters. The molecule has 32 heavy (non-hydrogen) atoms. The largest absolute Gasteiger partial charge is 0.309 e. The van der Waals surface area contributed by atoms with E-state index in [4.69, 9.17) is 4.98 Å². The average Bonchev–Trinajstić information content (AvgIpc) is 2.83. The first kappa shape index (κ1) is 20.2. The highest BCUT2D eigenvalue weighted by atomic mass is 32.2. The molecule has 0 aliphatic rings. The maximum Gasteiger partial charge on any atom is 0.262 e. The lowest BCUT2D eigenvalue weighted by Gasteiger charge is -2.20. The first-order valence-electron chi connectivity index (χ1n) is 10.3. The number of rotatable bonds is 5. The van der Waals surface area contributed by atoms with Gasteiger partial charge in [0.25, 0.3) is 11.1 Å². The number of hydrogen-bond acceptors (Lipinski definition) is 5. The SMILES string of the molecule is CC(c1ccccc1)n1c(SCc2nc3ccccc3c(=O)[nH]2)nc2ccccc2c1=O. The van der Waals surface area contributed by atoms with Crippen LogP contribution in [0.2, 0.25) is 0 Å². The summed E-state index contributed by atoms with van der Waals surface area (Å²) in [5.74, 6) is 0.923. The van der Waals surface area contributed by atoms with Crippen molar-refractivity contribution in [1.82, 2.24) is 19.5 Å². The van der Waals surface area contributed by atoms with Crippen LogP contribution in [0.4, 0.5) is 0 Å². The molecule has 0 aliphatic heterocycles. The van der Waals surface area contributed by atoms with E-state index < -0.39 is 0 Å². The summed E-state index contributed by atoms with van der Waals surface area (Å²) in [5, 5.41) is 1.72. The average molecular weight is 441 g/mol. The zero-order chi connectivity index (χ0) is 22.1. The molecule has 0 saturated heterocycles. The summed E-state index contributed by atoms with van der Waals surface area (Å²) in [7, 11) is 0. The summed E-state index contributed by atoms with van der Waals surface area (Å²) in [5.41, 5.74) is 2.05. The molecular formula is C25H20N4O2S. The van der Waals surface area contributed by atoms with Gasteiger partial charge in [-0.3, -0.25) is 14.2 Å². The Morgan fingerprint density at radius 1 is 0.844 bits per heavy atom. The molecule has 0 saturated carbocycles. The maximum absolute atomic E-state index is 13.4. The number of nitrogens with one attached hydrogen (secondary N) is 1. The summed E-state index contributed by atoms with van der Waals surface area (Å²) in [6.07, 6.45) is 0. The van der Waals surface area contributed by atoms with Crippen LogP contribution in [0.3, 0.4) is 0 Å². The smallest absolute Gasteiger partial charge is 0.262 e. The minimum atomic E-state index is -0.202. The van der Waals surface area contributed by atoms with Gasteiger partial charge in [0, 0.05) is 0 Å². The third kappa shape index (κ3) is 3.71. The molecular weight excluding hydrogens is 420 g/mol. The van der Waals surface area contributed by atoms with E-state index in [-0.39, 0.29) is 17.2 Å². The van der Waals surface area contributed by atoms with Crippen LogP contribution < -0.4 is 11.1 Å². The third-order valence-corrected chi connectivity index (χ3v) is 6.41. The Kier molecular flexibility index (Phi) is 5.33. The summed E-state index contributed by atoms with van der Waals surface area (Å²) < 4.78 is 1.72. The lowest BCUT2D eigenvalue weighted by molar-refractivity contribution is 0.548. The highest BCUT2D eigenvalue weighted by Crippen LogP contribution is 2.26. The number of fused-ring (bicyclic) bond motifs is 2.